The predicted octanol–water partition coefficient (Wildman–Crippen LogP) is 17.2. The highest BCUT2D eigenvalue weighted by molar-refractivity contribution is 6.10. The molecule has 0 saturated heterocycles. The molecule has 9 aromatic carbocycles. The number of benzene rings is 9. The molecule has 0 aliphatic heterocycles. The number of hydrogen-bond donors (Lipinski definition) is 0. The van der Waals surface area contributed by atoms with E-state index in [-0.39, 0.29) is 5.41 Å². The predicted molar refractivity (Wildman–Crippen MR) is 274 cm³/mol. The van der Waals surface area contributed by atoms with Crippen molar-refractivity contribution in [2.24, 2.45) is 0 Å². The number of aromatic nitrogens is 1. The molecule has 0 radical (unpaired) electrons. The van der Waals surface area contributed by atoms with Gasteiger partial charge in [-0.2, -0.15) is 0 Å². The molecule has 308 valence electrons. The molecule has 0 unspecified atom stereocenters. The average Bonchev–Trinajstić information content (AvgIpc) is 3.80. The van der Waals surface area contributed by atoms with Crippen LogP contribution in [-0.2, 0) is 5.41 Å². The summed E-state index contributed by atoms with van der Waals surface area (Å²) in [5, 5.41) is 5.06. The van der Waals surface area contributed by atoms with Crippen molar-refractivity contribution < 1.29 is 0 Å². The fourth-order valence-corrected chi connectivity index (χ4v) is 10.5. The second-order valence-corrected chi connectivity index (χ2v) is 17.7. The lowest BCUT2D eigenvalue weighted by Crippen LogP contribution is -2.16. The normalized spacial score (nSPS) is 13.0. The van der Waals surface area contributed by atoms with Crippen LogP contribution in [0.5, 0.6) is 0 Å². The first kappa shape index (κ1) is 39.2. The van der Waals surface area contributed by atoms with E-state index in [1.807, 2.05) is 0 Å². The fourth-order valence-electron chi connectivity index (χ4n) is 10.5. The zero-order chi connectivity index (χ0) is 43.4. The van der Waals surface area contributed by atoms with Crippen LogP contribution in [0.15, 0.2) is 225 Å². The van der Waals surface area contributed by atoms with Crippen molar-refractivity contribution in [2.75, 3.05) is 4.90 Å². The first-order valence-corrected chi connectivity index (χ1v) is 22.5. The summed E-state index contributed by atoms with van der Waals surface area (Å²) >= 11 is 0. The van der Waals surface area contributed by atoms with E-state index in [1.54, 1.807) is 0 Å². The lowest BCUT2D eigenvalue weighted by molar-refractivity contribution is 0.660. The van der Waals surface area contributed by atoms with Crippen molar-refractivity contribution in [3.63, 3.8) is 0 Å². The van der Waals surface area contributed by atoms with Crippen LogP contribution in [0, 0.1) is 0 Å². The highest BCUT2D eigenvalue weighted by atomic mass is 15.1. The molecule has 0 bridgehead atoms. The van der Waals surface area contributed by atoms with Crippen LogP contribution in [-0.4, -0.2) is 4.57 Å². The van der Waals surface area contributed by atoms with E-state index in [2.05, 4.69) is 243 Å². The van der Waals surface area contributed by atoms with Crippen LogP contribution >= 0.6 is 0 Å². The molecule has 0 spiro atoms. The van der Waals surface area contributed by atoms with E-state index in [9.17, 15) is 0 Å². The Hall–Kier alpha value is -7.68. The van der Waals surface area contributed by atoms with Gasteiger partial charge in [0.05, 0.1) is 11.0 Å². The Balaban J connectivity index is 0.986. The summed E-state index contributed by atoms with van der Waals surface area (Å²) in [7, 11) is 0. The third-order valence-corrected chi connectivity index (χ3v) is 13.6. The van der Waals surface area contributed by atoms with Crippen molar-refractivity contribution in [3.05, 3.63) is 236 Å². The Morgan fingerprint density at radius 2 is 1.06 bits per heavy atom. The third kappa shape index (κ3) is 6.57. The molecule has 11 rings (SSSR count). The first-order valence-electron chi connectivity index (χ1n) is 22.5. The molecular formula is C62H50N2. The Bertz CT molecular complexity index is 3380. The van der Waals surface area contributed by atoms with Crippen LogP contribution in [0.2, 0.25) is 0 Å². The zero-order valence-corrected chi connectivity index (χ0v) is 36.7. The molecule has 1 aliphatic rings. The van der Waals surface area contributed by atoms with Crippen molar-refractivity contribution in [2.45, 2.75) is 39.0 Å². The van der Waals surface area contributed by atoms with Crippen LogP contribution in [0.3, 0.4) is 0 Å². The van der Waals surface area contributed by atoms with Gasteiger partial charge in [-0.1, -0.05) is 196 Å². The van der Waals surface area contributed by atoms with E-state index >= 15 is 0 Å². The number of hydrogen-bond acceptors (Lipinski definition) is 1. The van der Waals surface area contributed by atoms with Gasteiger partial charge in [0.25, 0.3) is 0 Å². The highest BCUT2D eigenvalue weighted by Crippen LogP contribution is 2.52. The number of anilines is 2. The average molecular weight is 823 g/mol. The van der Waals surface area contributed by atoms with Crippen LogP contribution in [0.4, 0.5) is 11.4 Å². The molecule has 1 aliphatic carbocycles. The Morgan fingerprint density at radius 1 is 0.516 bits per heavy atom. The summed E-state index contributed by atoms with van der Waals surface area (Å²) in [4.78, 5) is 2.37. The smallest absolute Gasteiger partial charge is 0.0537 e. The monoisotopic (exact) mass is 822 g/mol. The lowest BCUT2D eigenvalue weighted by atomic mass is 9.82. The minimum absolute atomic E-state index is 0.0710. The minimum Gasteiger partial charge on any atom is -0.315 e. The molecule has 0 fully saturated rings. The topological polar surface area (TPSA) is 8.17 Å². The zero-order valence-electron chi connectivity index (χ0n) is 36.7. The van der Waals surface area contributed by atoms with Gasteiger partial charge < -0.3 is 9.47 Å². The summed E-state index contributed by atoms with van der Waals surface area (Å²) in [6.45, 7) is 11.8. The van der Waals surface area contributed by atoms with Gasteiger partial charge in [0, 0.05) is 39.0 Å². The minimum atomic E-state index is -0.0710. The summed E-state index contributed by atoms with van der Waals surface area (Å²) in [5.41, 5.74) is 19.6. The van der Waals surface area contributed by atoms with Crippen molar-refractivity contribution in [3.8, 4) is 44.5 Å². The molecular weight excluding hydrogens is 773 g/mol. The molecule has 64 heavy (non-hydrogen) atoms. The second-order valence-electron chi connectivity index (χ2n) is 17.7. The first-order chi connectivity index (χ1) is 31.4. The fraction of sp³-hybridized carbons (Fsp3) is 0.0968. The summed E-state index contributed by atoms with van der Waals surface area (Å²) in [6, 6.07) is 75.4. The number of fused-ring (bicyclic) bond motifs is 7. The molecule has 1 aromatic heterocycles. The van der Waals surface area contributed by atoms with Crippen molar-refractivity contribution in [1.82, 2.24) is 4.57 Å². The Morgan fingerprint density at radius 3 is 1.78 bits per heavy atom. The van der Waals surface area contributed by atoms with Gasteiger partial charge in [-0.3, -0.25) is 0 Å². The highest BCUT2D eigenvalue weighted by Gasteiger charge is 2.36. The van der Waals surface area contributed by atoms with E-state index in [0.29, 0.717) is 0 Å². The van der Waals surface area contributed by atoms with Gasteiger partial charge in [-0.25, -0.2) is 0 Å². The standard InChI is InChI=1S/C62H50N2/c1-42(19-14-20-43(2)64-58-35-12-9-27-53(58)54-28-10-13-36-59(54)64)63(49-26-15-25-47(41-49)52-32-18-34-57-61(52)55-29-8-11-33-56(55)62(57,3)4)48-39-37-45(38-40-48)51-31-17-24-46-23-16-30-50(60(46)51)44-21-6-5-7-22-44/h5-13,15-18,20-41H,1,14,19H2,2-4H3/b43-20+. The van der Waals surface area contributed by atoms with E-state index in [0.717, 1.165) is 29.9 Å². The lowest BCUT2D eigenvalue weighted by Gasteiger charge is -2.28. The van der Waals surface area contributed by atoms with E-state index in [1.165, 1.54) is 93.9 Å². The van der Waals surface area contributed by atoms with Gasteiger partial charge in [0.15, 0.2) is 0 Å². The largest absolute Gasteiger partial charge is 0.315 e. The van der Waals surface area contributed by atoms with Gasteiger partial charge in [-0.05, 0) is 123 Å². The molecule has 0 atom stereocenters. The van der Waals surface area contributed by atoms with Crippen molar-refractivity contribution in [1.29, 1.82) is 0 Å². The molecule has 0 amide bonds. The van der Waals surface area contributed by atoms with Gasteiger partial charge in [-0.15, -0.1) is 0 Å². The number of rotatable bonds is 10. The maximum absolute atomic E-state index is 4.83. The summed E-state index contributed by atoms with van der Waals surface area (Å²) in [6.07, 6.45) is 4.00. The number of nitrogens with zero attached hydrogens (tertiary/aromatic N) is 2. The Kier molecular flexibility index (Phi) is 9.74. The molecule has 10 aromatic rings. The molecule has 2 heteroatoms. The third-order valence-electron chi connectivity index (χ3n) is 13.6. The van der Waals surface area contributed by atoms with Crippen LogP contribution in [0.1, 0.15) is 44.7 Å². The van der Waals surface area contributed by atoms with Gasteiger partial charge in [0.1, 0.15) is 0 Å². The molecule has 1 heterocycles. The summed E-state index contributed by atoms with van der Waals surface area (Å²) in [5.74, 6) is 0. The second kappa shape index (κ2) is 15.9. The number of para-hydroxylation sites is 2. The molecule has 0 N–H and O–H groups in total. The van der Waals surface area contributed by atoms with E-state index in [4.69, 9.17) is 6.58 Å². The molecule has 0 saturated carbocycles. The van der Waals surface area contributed by atoms with Crippen LogP contribution < -0.4 is 4.90 Å². The van der Waals surface area contributed by atoms with E-state index < -0.39 is 0 Å². The number of allylic oxidation sites excluding steroid dienone is 3. The SMILES string of the molecule is C=C(CC/C=C(\C)n1c2ccccc2c2ccccc21)N(c1ccc(-c2cccc3cccc(-c4ccccc4)c23)cc1)c1cccc(-c2cccc3c2-c2ccccc2C3(C)C)c1. The summed E-state index contributed by atoms with van der Waals surface area (Å²) < 4.78 is 2.40. The van der Waals surface area contributed by atoms with Crippen molar-refractivity contribution >= 4 is 49.7 Å². The maximum atomic E-state index is 4.83. The van der Waals surface area contributed by atoms with Gasteiger partial charge >= 0.3 is 0 Å². The molecule has 2 nitrogen and oxygen atoms in total. The Labute approximate surface area is 376 Å². The quantitative estimate of drug-likeness (QED) is 0.133. The van der Waals surface area contributed by atoms with Gasteiger partial charge in [0.2, 0.25) is 0 Å². The van der Waals surface area contributed by atoms with Crippen LogP contribution in [0.25, 0.3) is 82.8 Å². The maximum Gasteiger partial charge on any atom is 0.0537 e.